The van der Waals surface area contributed by atoms with Gasteiger partial charge in [-0.2, -0.15) is 0 Å². The minimum absolute atomic E-state index is 0.0997. The number of aryl methyl sites for hydroxylation is 2. The van der Waals surface area contributed by atoms with Gasteiger partial charge in [0.05, 0.1) is 17.3 Å². The van der Waals surface area contributed by atoms with Gasteiger partial charge in [-0.3, -0.25) is 0 Å². The van der Waals surface area contributed by atoms with Gasteiger partial charge in [-0.25, -0.2) is 24.1 Å². The minimum atomic E-state index is -0.736. The highest BCUT2D eigenvalue weighted by Gasteiger charge is 2.47. The first kappa shape index (κ1) is 26.6. The maximum Gasteiger partial charge on any atom is 0.338 e. The van der Waals surface area contributed by atoms with E-state index in [1.165, 1.54) is 11.8 Å². The fourth-order valence-electron chi connectivity index (χ4n) is 4.57. The van der Waals surface area contributed by atoms with E-state index < -0.39 is 30.3 Å². The van der Waals surface area contributed by atoms with Crippen LogP contribution in [0.4, 0.5) is 5.95 Å². The van der Waals surface area contributed by atoms with Crippen LogP contribution in [0.1, 0.15) is 50.7 Å². The van der Waals surface area contributed by atoms with E-state index in [9.17, 15) is 9.59 Å². The molecule has 10 nitrogen and oxygen atoms in total. The number of thioether (sulfide) groups is 1. The van der Waals surface area contributed by atoms with Crippen LogP contribution in [0.5, 0.6) is 0 Å². The second-order valence-electron chi connectivity index (χ2n) is 9.55. The number of anilines is 1. The topological polar surface area (TPSA) is 131 Å². The molecule has 5 rings (SSSR count). The van der Waals surface area contributed by atoms with E-state index in [0.717, 1.165) is 11.1 Å². The van der Waals surface area contributed by atoms with Gasteiger partial charge in [0.2, 0.25) is 5.95 Å². The molecule has 0 aliphatic carbocycles. The van der Waals surface area contributed by atoms with Gasteiger partial charge in [-0.1, -0.05) is 42.3 Å². The van der Waals surface area contributed by atoms with Crippen molar-refractivity contribution in [1.29, 1.82) is 0 Å². The highest BCUT2D eigenvalue weighted by Crippen LogP contribution is 2.40. The average molecular weight is 548 g/mol. The van der Waals surface area contributed by atoms with Crippen LogP contribution in [-0.2, 0) is 14.2 Å². The number of hydrogen-bond donors (Lipinski definition) is 1. The zero-order chi connectivity index (χ0) is 27.7. The lowest BCUT2D eigenvalue weighted by atomic mass is 9.97. The number of nitrogen functional groups attached to an aromatic ring is 1. The van der Waals surface area contributed by atoms with Gasteiger partial charge in [-0.15, -0.1) is 16.9 Å². The second kappa shape index (κ2) is 11.0. The molecular formula is C28H29N5O5S. The van der Waals surface area contributed by atoms with E-state index >= 15 is 0 Å². The smallest absolute Gasteiger partial charge is 0.338 e. The molecule has 2 aromatic carbocycles. The Labute approximate surface area is 229 Å². The molecule has 2 N–H and O–H groups in total. The number of carbonyl (C=O) groups excluding carboxylic acids is 2. The van der Waals surface area contributed by atoms with Gasteiger partial charge in [0.15, 0.2) is 5.82 Å². The van der Waals surface area contributed by atoms with E-state index in [1.807, 2.05) is 51.3 Å². The number of ether oxygens (including phenoxy) is 3. The molecule has 4 aromatic rings. The molecule has 11 heteroatoms. The molecule has 1 aliphatic rings. The molecule has 0 bridgehead atoms. The number of carbonyl (C=O) groups is 2. The zero-order valence-electron chi connectivity index (χ0n) is 22.0. The van der Waals surface area contributed by atoms with Crippen LogP contribution in [0.15, 0.2) is 59.8 Å². The van der Waals surface area contributed by atoms with Crippen molar-refractivity contribution >= 4 is 35.2 Å². The third-order valence-corrected chi connectivity index (χ3v) is 7.42. The SMILES string of the molecule is CSc1nc(N)nn2c([C@@H]3O[C@H](COC(=O)c4ccc(C)cc4)[C@@H](OC(=O)c4ccc(C)cc4)[C@@H]3C)ncc12. The molecule has 1 fully saturated rings. The molecule has 0 amide bonds. The summed E-state index contributed by atoms with van der Waals surface area (Å²) >= 11 is 1.43. The minimum Gasteiger partial charge on any atom is -0.459 e. The Morgan fingerprint density at radius 1 is 1.03 bits per heavy atom. The molecule has 2 aromatic heterocycles. The number of aromatic nitrogens is 4. The quantitative estimate of drug-likeness (QED) is 0.265. The zero-order valence-corrected chi connectivity index (χ0v) is 22.8. The van der Waals surface area contributed by atoms with E-state index in [1.54, 1.807) is 35.0 Å². The van der Waals surface area contributed by atoms with Crippen LogP contribution in [-0.4, -0.2) is 56.6 Å². The van der Waals surface area contributed by atoms with Crippen LogP contribution in [0.25, 0.3) is 5.52 Å². The molecular weight excluding hydrogens is 518 g/mol. The summed E-state index contributed by atoms with van der Waals surface area (Å²) in [5.74, 6) is -0.736. The molecule has 0 radical (unpaired) electrons. The number of hydrogen-bond acceptors (Lipinski definition) is 10. The molecule has 0 unspecified atom stereocenters. The van der Waals surface area contributed by atoms with Crippen LogP contribution in [0.3, 0.4) is 0 Å². The molecule has 1 aliphatic heterocycles. The van der Waals surface area contributed by atoms with E-state index in [-0.39, 0.29) is 18.5 Å². The monoisotopic (exact) mass is 547 g/mol. The molecule has 3 heterocycles. The Morgan fingerprint density at radius 3 is 2.26 bits per heavy atom. The standard InChI is InChI=1S/C28H29N5O5S/c1-15-5-9-18(10-6-15)26(34)36-14-21-22(38-27(35)19-11-7-16(2)8-12-19)17(3)23(37-21)24-30-13-20-25(39-4)31-28(29)32-33(20)24/h5-13,17,21-23H,14H2,1-4H3,(H2,29,32)/t17-,21+,22-,23+/m0/s1. The number of benzene rings is 2. The number of nitrogens with two attached hydrogens (primary N) is 1. The Hall–Kier alpha value is -3.96. The first-order valence-corrected chi connectivity index (χ1v) is 13.7. The van der Waals surface area contributed by atoms with Gasteiger partial charge >= 0.3 is 11.9 Å². The summed E-state index contributed by atoms with van der Waals surface area (Å²) in [6.45, 7) is 5.67. The summed E-state index contributed by atoms with van der Waals surface area (Å²) in [6.07, 6.45) is 1.48. The fraction of sp³-hybridized carbons (Fsp3) is 0.321. The van der Waals surface area contributed by atoms with Crippen LogP contribution in [0, 0.1) is 19.8 Å². The summed E-state index contributed by atoms with van der Waals surface area (Å²) in [4.78, 5) is 34.7. The Kier molecular flexibility index (Phi) is 7.53. The highest BCUT2D eigenvalue weighted by atomic mass is 32.2. The van der Waals surface area contributed by atoms with Crippen LogP contribution < -0.4 is 5.73 Å². The lowest BCUT2D eigenvalue weighted by Crippen LogP contribution is -2.35. The van der Waals surface area contributed by atoms with Crippen molar-refractivity contribution in [3.8, 4) is 0 Å². The summed E-state index contributed by atoms with van der Waals surface area (Å²) < 4.78 is 19.6. The Balaban J connectivity index is 1.42. The van der Waals surface area contributed by atoms with Crippen molar-refractivity contribution in [2.24, 2.45) is 5.92 Å². The molecule has 202 valence electrons. The van der Waals surface area contributed by atoms with E-state index in [4.69, 9.17) is 19.9 Å². The maximum atomic E-state index is 13.1. The number of imidazole rings is 1. The first-order chi connectivity index (χ1) is 18.7. The lowest BCUT2D eigenvalue weighted by molar-refractivity contribution is -0.0443. The van der Waals surface area contributed by atoms with Gasteiger partial charge < -0.3 is 19.9 Å². The average Bonchev–Trinajstić information content (AvgIpc) is 3.48. The third kappa shape index (κ3) is 5.45. The number of esters is 2. The summed E-state index contributed by atoms with van der Waals surface area (Å²) in [5, 5.41) is 5.02. The molecule has 0 spiro atoms. The van der Waals surface area contributed by atoms with Crippen molar-refractivity contribution in [3.63, 3.8) is 0 Å². The Morgan fingerprint density at radius 2 is 1.64 bits per heavy atom. The predicted octanol–water partition coefficient (Wildman–Crippen LogP) is 4.20. The van der Waals surface area contributed by atoms with Crippen molar-refractivity contribution < 1.29 is 23.8 Å². The van der Waals surface area contributed by atoms with Gasteiger partial charge in [0.1, 0.15) is 35.5 Å². The van der Waals surface area contributed by atoms with Crippen LogP contribution >= 0.6 is 11.8 Å². The molecule has 1 saturated heterocycles. The number of fused-ring (bicyclic) bond motifs is 1. The lowest BCUT2D eigenvalue weighted by Gasteiger charge is -2.21. The fourth-order valence-corrected chi connectivity index (χ4v) is 5.10. The molecule has 0 saturated carbocycles. The normalized spacial score (nSPS) is 20.7. The van der Waals surface area contributed by atoms with Gasteiger partial charge in [0.25, 0.3) is 0 Å². The number of nitrogens with zero attached hydrogens (tertiary/aromatic N) is 4. The maximum absolute atomic E-state index is 13.1. The van der Waals surface area contributed by atoms with Crippen molar-refractivity contribution in [2.75, 3.05) is 18.6 Å². The predicted molar refractivity (Wildman–Crippen MR) is 146 cm³/mol. The van der Waals surface area contributed by atoms with Gasteiger partial charge in [0, 0.05) is 5.92 Å². The second-order valence-corrected chi connectivity index (χ2v) is 10.3. The van der Waals surface area contributed by atoms with Crippen molar-refractivity contribution in [2.45, 2.75) is 44.1 Å². The van der Waals surface area contributed by atoms with Gasteiger partial charge in [-0.05, 0) is 44.4 Å². The molecule has 39 heavy (non-hydrogen) atoms. The number of rotatable bonds is 7. The van der Waals surface area contributed by atoms with E-state index in [0.29, 0.717) is 27.5 Å². The van der Waals surface area contributed by atoms with E-state index in [2.05, 4.69) is 15.1 Å². The highest BCUT2D eigenvalue weighted by molar-refractivity contribution is 7.98. The first-order valence-electron chi connectivity index (χ1n) is 12.5. The molecule has 4 atom stereocenters. The van der Waals surface area contributed by atoms with Crippen molar-refractivity contribution in [3.05, 3.63) is 82.8 Å². The Bertz CT molecular complexity index is 1510. The van der Waals surface area contributed by atoms with Crippen LogP contribution in [0.2, 0.25) is 0 Å². The third-order valence-electron chi connectivity index (χ3n) is 6.73. The van der Waals surface area contributed by atoms with Crippen molar-refractivity contribution in [1.82, 2.24) is 19.6 Å². The largest absolute Gasteiger partial charge is 0.459 e. The summed E-state index contributed by atoms with van der Waals surface area (Å²) in [7, 11) is 0. The summed E-state index contributed by atoms with van der Waals surface area (Å²) in [6, 6.07) is 14.2. The summed E-state index contributed by atoms with van der Waals surface area (Å²) in [5.41, 5.74) is 9.54.